The standard InChI is InChI=1S/C37H28N4/c1-4-12-26(5-2)35-39-36(29-13-7-6-8-14-29)41-37(40-35)31-17-11-16-30(23-31)27-19-21-28(22-20-27)34-25(3)38-24-32-15-9-10-18-33(32)34/h4-24H,1-2H2,3H3/b26-12+. The summed E-state index contributed by atoms with van der Waals surface area (Å²) in [5.41, 5.74) is 8.13. The Morgan fingerprint density at radius 3 is 2.05 bits per heavy atom. The van der Waals surface area contributed by atoms with Crippen LogP contribution in [0.3, 0.4) is 0 Å². The zero-order valence-corrected chi connectivity index (χ0v) is 22.8. The number of allylic oxidation sites excluding steroid dienone is 4. The monoisotopic (exact) mass is 528 g/mol. The van der Waals surface area contributed by atoms with Crippen molar-refractivity contribution in [2.75, 3.05) is 0 Å². The van der Waals surface area contributed by atoms with Gasteiger partial charge in [-0.2, -0.15) is 0 Å². The van der Waals surface area contributed by atoms with Gasteiger partial charge in [0.05, 0.1) is 0 Å². The topological polar surface area (TPSA) is 51.6 Å². The summed E-state index contributed by atoms with van der Waals surface area (Å²) in [4.78, 5) is 19.1. The molecule has 6 rings (SSSR count). The minimum absolute atomic E-state index is 0.553. The summed E-state index contributed by atoms with van der Waals surface area (Å²) in [6, 6.07) is 35.3. The first-order chi connectivity index (χ1) is 20.1. The third-order valence-corrected chi connectivity index (χ3v) is 7.06. The van der Waals surface area contributed by atoms with E-state index in [-0.39, 0.29) is 0 Å². The van der Waals surface area contributed by atoms with E-state index in [1.54, 1.807) is 12.2 Å². The van der Waals surface area contributed by atoms with Gasteiger partial charge in [-0.15, -0.1) is 0 Å². The van der Waals surface area contributed by atoms with Gasteiger partial charge < -0.3 is 0 Å². The Morgan fingerprint density at radius 2 is 1.29 bits per heavy atom. The molecule has 4 heteroatoms. The Kier molecular flexibility index (Phi) is 7.12. The number of pyridine rings is 1. The molecule has 0 aliphatic heterocycles. The predicted molar refractivity (Wildman–Crippen MR) is 170 cm³/mol. The summed E-state index contributed by atoms with van der Waals surface area (Å²) >= 11 is 0. The van der Waals surface area contributed by atoms with Crippen LogP contribution in [0.1, 0.15) is 11.5 Å². The summed E-state index contributed by atoms with van der Waals surface area (Å²) in [7, 11) is 0. The Balaban J connectivity index is 1.41. The van der Waals surface area contributed by atoms with E-state index in [1.165, 1.54) is 10.9 Å². The molecule has 0 aliphatic rings. The molecule has 2 aromatic heterocycles. The Morgan fingerprint density at radius 1 is 0.634 bits per heavy atom. The van der Waals surface area contributed by atoms with Gasteiger partial charge in [0.2, 0.25) is 0 Å². The van der Waals surface area contributed by atoms with Gasteiger partial charge >= 0.3 is 0 Å². The lowest BCUT2D eigenvalue weighted by molar-refractivity contribution is 1.04. The fourth-order valence-corrected chi connectivity index (χ4v) is 5.01. The number of hydrogen-bond acceptors (Lipinski definition) is 4. The van der Waals surface area contributed by atoms with Gasteiger partial charge in [0, 0.05) is 39.5 Å². The normalized spacial score (nSPS) is 11.4. The molecule has 0 saturated heterocycles. The van der Waals surface area contributed by atoms with E-state index in [2.05, 4.69) is 79.7 Å². The number of rotatable bonds is 7. The lowest BCUT2D eigenvalue weighted by atomic mass is 9.95. The van der Waals surface area contributed by atoms with Crippen LogP contribution in [0, 0.1) is 6.92 Å². The van der Waals surface area contributed by atoms with Crippen molar-refractivity contribution in [3.05, 3.63) is 152 Å². The third kappa shape index (κ3) is 5.23. The van der Waals surface area contributed by atoms with Gasteiger partial charge in [0.15, 0.2) is 17.5 Å². The van der Waals surface area contributed by atoms with Crippen LogP contribution in [0.2, 0.25) is 0 Å². The molecule has 4 aromatic carbocycles. The second kappa shape index (κ2) is 11.3. The fourth-order valence-electron chi connectivity index (χ4n) is 5.01. The molecule has 0 bridgehead atoms. The molecule has 2 heterocycles. The quantitative estimate of drug-likeness (QED) is 0.194. The molecule has 0 fully saturated rings. The van der Waals surface area contributed by atoms with Gasteiger partial charge in [-0.05, 0) is 35.1 Å². The maximum absolute atomic E-state index is 4.86. The van der Waals surface area contributed by atoms with Gasteiger partial charge in [-0.25, -0.2) is 15.0 Å². The van der Waals surface area contributed by atoms with Gasteiger partial charge in [0.1, 0.15) is 0 Å². The number of nitrogens with zero attached hydrogens (tertiary/aromatic N) is 4. The smallest absolute Gasteiger partial charge is 0.164 e. The first-order valence-electron chi connectivity index (χ1n) is 13.5. The zero-order valence-electron chi connectivity index (χ0n) is 22.8. The maximum Gasteiger partial charge on any atom is 0.164 e. The summed E-state index contributed by atoms with van der Waals surface area (Å²) in [5.74, 6) is 1.76. The summed E-state index contributed by atoms with van der Waals surface area (Å²) in [5, 5.41) is 2.35. The molecular weight excluding hydrogens is 500 g/mol. The van der Waals surface area contributed by atoms with Gasteiger partial charge in [-0.3, -0.25) is 4.98 Å². The van der Waals surface area contributed by atoms with Crippen LogP contribution >= 0.6 is 0 Å². The third-order valence-electron chi connectivity index (χ3n) is 7.06. The average molecular weight is 529 g/mol. The molecule has 41 heavy (non-hydrogen) atoms. The van der Waals surface area contributed by atoms with Crippen molar-refractivity contribution in [2.24, 2.45) is 0 Å². The molecule has 6 aromatic rings. The molecule has 0 radical (unpaired) electrons. The Bertz CT molecular complexity index is 1920. The molecule has 0 spiro atoms. The summed E-state index contributed by atoms with van der Waals surface area (Å²) in [6.07, 6.45) is 7.24. The van der Waals surface area contributed by atoms with Crippen LogP contribution in [-0.2, 0) is 0 Å². The second-order valence-corrected chi connectivity index (χ2v) is 9.70. The van der Waals surface area contributed by atoms with Crippen LogP contribution in [0.15, 0.2) is 141 Å². The van der Waals surface area contributed by atoms with Crippen molar-refractivity contribution >= 4 is 16.3 Å². The SMILES string of the molecule is C=C/C=C(\C=C)c1nc(-c2ccccc2)nc(-c2cccc(-c3ccc(-c4c(C)ncc5ccccc45)cc3)c2)n1. The zero-order chi connectivity index (χ0) is 28.2. The highest BCUT2D eigenvalue weighted by molar-refractivity contribution is 5.97. The Hall–Kier alpha value is -5.48. The summed E-state index contributed by atoms with van der Waals surface area (Å²) < 4.78 is 0. The molecule has 0 saturated carbocycles. The van der Waals surface area contributed by atoms with Crippen LogP contribution in [0.5, 0.6) is 0 Å². The molecule has 196 valence electrons. The fraction of sp³-hybridized carbons (Fsp3) is 0.0270. The minimum atomic E-state index is 0.553. The summed E-state index contributed by atoms with van der Waals surface area (Å²) in [6.45, 7) is 9.84. The molecule has 0 N–H and O–H groups in total. The molecule has 0 atom stereocenters. The highest BCUT2D eigenvalue weighted by atomic mass is 15.0. The maximum atomic E-state index is 4.86. The van der Waals surface area contributed by atoms with Crippen molar-refractivity contribution in [1.29, 1.82) is 0 Å². The highest BCUT2D eigenvalue weighted by Crippen LogP contribution is 2.33. The van der Waals surface area contributed by atoms with Gasteiger partial charge in [-0.1, -0.05) is 128 Å². The predicted octanol–water partition coefficient (Wildman–Crippen LogP) is 9.15. The second-order valence-electron chi connectivity index (χ2n) is 9.70. The molecule has 0 amide bonds. The van der Waals surface area contributed by atoms with Crippen LogP contribution in [0.4, 0.5) is 0 Å². The highest BCUT2D eigenvalue weighted by Gasteiger charge is 2.14. The van der Waals surface area contributed by atoms with E-state index >= 15 is 0 Å². The number of benzene rings is 4. The van der Waals surface area contributed by atoms with E-state index < -0.39 is 0 Å². The number of aryl methyl sites for hydroxylation is 1. The van der Waals surface area contributed by atoms with Crippen LogP contribution in [-0.4, -0.2) is 19.9 Å². The molecular formula is C37H28N4. The molecule has 0 aliphatic carbocycles. The minimum Gasteiger partial charge on any atom is -0.260 e. The lowest BCUT2D eigenvalue weighted by Crippen LogP contribution is -2.02. The largest absolute Gasteiger partial charge is 0.260 e. The van der Waals surface area contributed by atoms with Crippen molar-refractivity contribution in [2.45, 2.75) is 6.92 Å². The Labute approximate surface area is 240 Å². The van der Waals surface area contributed by atoms with Crippen molar-refractivity contribution in [3.63, 3.8) is 0 Å². The molecule has 4 nitrogen and oxygen atoms in total. The van der Waals surface area contributed by atoms with Crippen molar-refractivity contribution in [3.8, 4) is 45.0 Å². The van der Waals surface area contributed by atoms with E-state index in [1.807, 2.05) is 60.8 Å². The van der Waals surface area contributed by atoms with E-state index in [0.29, 0.717) is 17.5 Å². The van der Waals surface area contributed by atoms with E-state index in [0.717, 1.165) is 44.5 Å². The van der Waals surface area contributed by atoms with Crippen LogP contribution < -0.4 is 0 Å². The van der Waals surface area contributed by atoms with E-state index in [9.17, 15) is 0 Å². The number of hydrogen-bond donors (Lipinski definition) is 0. The lowest BCUT2D eigenvalue weighted by Gasteiger charge is -2.12. The first kappa shape index (κ1) is 25.8. The van der Waals surface area contributed by atoms with Crippen molar-refractivity contribution < 1.29 is 0 Å². The average Bonchev–Trinajstić information content (AvgIpc) is 3.04. The first-order valence-corrected chi connectivity index (χ1v) is 13.5. The van der Waals surface area contributed by atoms with Gasteiger partial charge in [0.25, 0.3) is 0 Å². The van der Waals surface area contributed by atoms with Crippen LogP contribution in [0.25, 0.3) is 61.4 Å². The number of fused-ring (bicyclic) bond motifs is 1. The number of aromatic nitrogens is 4. The molecule has 0 unspecified atom stereocenters. The van der Waals surface area contributed by atoms with E-state index in [4.69, 9.17) is 15.0 Å². The van der Waals surface area contributed by atoms with Crippen molar-refractivity contribution in [1.82, 2.24) is 19.9 Å².